The molecule has 1 fully saturated rings. The van der Waals surface area contributed by atoms with Crippen molar-refractivity contribution < 1.29 is 9.53 Å². The molecule has 8 heteroatoms. The molecule has 1 aliphatic heterocycles. The topological polar surface area (TPSA) is 73.1 Å². The zero-order valence-electron chi connectivity index (χ0n) is 14.3. The second-order valence-electron chi connectivity index (χ2n) is 6.28. The number of benzene rings is 1. The molecule has 1 aliphatic rings. The SMILES string of the molecule is COC(=O)C1CCCN(c2ncnc3c2cnn3-c2cccc(Cl)c2)C1. The molecule has 3 aromatic rings. The summed E-state index contributed by atoms with van der Waals surface area (Å²) in [5.74, 6) is 0.480. The lowest BCUT2D eigenvalue weighted by atomic mass is 9.98. The fourth-order valence-corrected chi connectivity index (χ4v) is 3.59. The minimum atomic E-state index is -0.172. The molecule has 0 saturated carbocycles. The Labute approximate surface area is 155 Å². The van der Waals surface area contributed by atoms with Crippen molar-refractivity contribution in [3.8, 4) is 5.69 Å². The fourth-order valence-electron chi connectivity index (χ4n) is 3.41. The predicted molar refractivity (Wildman–Crippen MR) is 98.6 cm³/mol. The number of methoxy groups -OCH3 is 1. The maximum Gasteiger partial charge on any atom is 0.310 e. The normalized spacial score (nSPS) is 17.5. The number of carbonyl (C=O) groups is 1. The van der Waals surface area contributed by atoms with E-state index in [4.69, 9.17) is 16.3 Å². The number of nitrogens with zero attached hydrogens (tertiary/aromatic N) is 5. The molecule has 0 amide bonds. The number of esters is 1. The van der Waals surface area contributed by atoms with Gasteiger partial charge in [0, 0.05) is 18.1 Å². The standard InChI is InChI=1S/C18H18ClN5O2/c1-26-18(25)12-4-3-7-23(10-12)16-15-9-22-24(17(15)21-11-20-16)14-6-2-5-13(19)8-14/h2,5-6,8-9,11-12H,3-4,7,10H2,1H3. The number of hydrogen-bond acceptors (Lipinski definition) is 6. The Hall–Kier alpha value is -2.67. The van der Waals surface area contributed by atoms with Gasteiger partial charge in [0.05, 0.1) is 30.3 Å². The Morgan fingerprint density at radius 2 is 2.23 bits per heavy atom. The summed E-state index contributed by atoms with van der Waals surface area (Å²) in [5, 5.41) is 5.95. The van der Waals surface area contributed by atoms with E-state index in [1.807, 2.05) is 24.3 Å². The number of aromatic nitrogens is 4. The van der Waals surface area contributed by atoms with Crippen LogP contribution in [0.3, 0.4) is 0 Å². The van der Waals surface area contributed by atoms with E-state index in [-0.39, 0.29) is 11.9 Å². The molecule has 0 N–H and O–H groups in total. The van der Waals surface area contributed by atoms with Crippen LogP contribution >= 0.6 is 11.6 Å². The molecule has 1 aromatic carbocycles. The quantitative estimate of drug-likeness (QED) is 0.659. The van der Waals surface area contributed by atoms with E-state index in [0.29, 0.717) is 17.2 Å². The molecule has 1 unspecified atom stereocenters. The van der Waals surface area contributed by atoms with Crippen molar-refractivity contribution in [1.82, 2.24) is 19.7 Å². The molecule has 0 spiro atoms. The summed E-state index contributed by atoms with van der Waals surface area (Å²) in [5.41, 5.74) is 1.54. The van der Waals surface area contributed by atoms with Gasteiger partial charge in [-0.05, 0) is 31.0 Å². The summed E-state index contributed by atoms with van der Waals surface area (Å²) in [6.07, 6.45) is 5.03. The summed E-state index contributed by atoms with van der Waals surface area (Å²) in [7, 11) is 1.43. The molecule has 3 heterocycles. The van der Waals surface area contributed by atoms with Gasteiger partial charge >= 0.3 is 5.97 Å². The highest BCUT2D eigenvalue weighted by molar-refractivity contribution is 6.30. The third-order valence-electron chi connectivity index (χ3n) is 4.65. The van der Waals surface area contributed by atoms with Crippen LogP contribution < -0.4 is 4.90 Å². The zero-order chi connectivity index (χ0) is 18.1. The molecule has 4 rings (SSSR count). The number of rotatable bonds is 3. The monoisotopic (exact) mass is 371 g/mol. The molecule has 0 radical (unpaired) electrons. The molecule has 26 heavy (non-hydrogen) atoms. The van der Waals surface area contributed by atoms with E-state index >= 15 is 0 Å². The van der Waals surface area contributed by atoms with Crippen LogP contribution in [0, 0.1) is 5.92 Å². The Bertz CT molecular complexity index is 958. The summed E-state index contributed by atoms with van der Waals surface area (Å²) in [6, 6.07) is 7.45. The first-order valence-electron chi connectivity index (χ1n) is 8.45. The number of ether oxygens (including phenoxy) is 1. The molecule has 134 valence electrons. The first kappa shape index (κ1) is 16.8. The zero-order valence-corrected chi connectivity index (χ0v) is 15.1. The molecule has 0 aliphatic carbocycles. The minimum absolute atomic E-state index is 0.137. The van der Waals surface area contributed by atoms with Crippen molar-refractivity contribution in [1.29, 1.82) is 0 Å². The van der Waals surface area contributed by atoms with E-state index in [2.05, 4.69) is 20.0 Å². The lowest BCUT2D eigenvalue weighted by Crippen LogP contribution is -2.39. The third-order valence-corrected chi connectivity index (χ3v) is 4.89. The first-order chi connectivity index (χ1) is 12.7. The minimum Gasteiger partial charge on any atom is -0.469 e. The molecule has 0 bridgehead atoms. The van der Waals surface area contributed by atoms with Gasteiger partial charge in [0.15, 0.2) is 5.65 Å². The predicted octanol–water partition coefficient (Wildman–Crippen LogP) is 2.86. The Morgan fingerprint density at radius 3 is 3.04 bits per heavy atom. The van der Waals surface area contributed by atoms with Crippen LogP contribution in [0.15, 0.2) is 36.8 Å². The lowest BCUT2D eigenvalue weighted by molar-refractivity contribution is -0.145. The Kier molecular flexibility index (Phi) is 4.46. The van der Waals surface area contributed by atoms with Crippen molar-refractivity contribution in [3.63, 3.8) is 0 Å². The summed E-state index contributed by atoms with van der Waals surface area (Å²) in [6.45, 7) is 1.42. The van der Waals surface area contributed by atoms with Gasteiger partial charge in [-0.15, -0.1) is 0 Å². The van der Waals surface area contributed by atoms with Crippen LogP contribution in [0.1, 0.15) is 12.8 Å². The number of fused-ring (bicyclic) bond motifs is 1. The smallest absolute Gasteiger partial charge is 0.310 e. The van der Waals surface area contributed by atoms with Crippen molar-refractivity contribution in [2.24, 2.45) is 5.92 Å². The molecule has 2 aromatic heterocycles. The van der Waals surface area contributed by atoms with E-state index in [0.717, 1.165) is 36.3 Å². The Balaban J connectivity index is 1.72. The molecular weight excluding hydrogens is 354 g/mol. The second kappa shape index (κ2) is 6.92. The highest BCUT2D eigenvalue weighted by Gasteiger charge is 2.28. The van der Waals surface area contributed by atoms with E-state index in [1.54, 1.807) is 10.9 Å². The average Bonchev–Trinajstić information content (AvgIpc) is 3.11. The number of carbonyl (C=O) groups excluding carboxylic acids is 1. The van der Waals surface area contributed by atoms with Crippen LogP contribution in [0.2, 0.25) is 5.02 Å². The van der Waals surface area contributed by atoms with Crippen molar-refractivity contribution in [3.05, 3.63) is 41.8 Å². The van der Waals surface area contributed by atoms with Crippen LogP contribution in [0.5, 0.6) is 0 Å². The summed E-state index contributed by atoms with van der Waals surface area (Å²) >= 11 is 6.10. The number of piperidine rings is 1. The highest BCUT2D eigenvalue weighted by atomic mass is 35.5. The van der Waals surface area contributed by atoms with Crippen molar-refractivity contribution in [2.45, 2.75) is 12.8 Å². The van der Waals surface area contributed by atoms with Gasteiger partial charge < -0.3 is 9.64 Å². The lowest BCUT2D eigenvalue weighted by Gasteiger charge is -2.32. The van der Waals surface area contributed by atoms with Crippen LogP contribution in [0.4, 0.5) is 5.82 Å². The highest BCUT2D eigenvalue weighted by Crippen LogP contribution is 2.29. The van der Waals surface area contributed by atoms with Crippen LogP contribution in [-0.4, -0.2) is 45.9 Å². The maximum absolute atomic E-state index is 11.9. The van der Waals surface area contributed by atoms with Gasteiger partial charge in [0.1, 0.15) is 12.1 Å². The van der Waals surface area contributed by atoms with Gasteiger partial charge in [-0.3, -0.25) is 4.79 Å². The molecule has 1 atom stereocenters. The van der Waals surface area contributed by atoms with E-state index in [1.165, 1.54) is 13.4 Å². The summed E-state index contributed by atoms with van der Waals surface area (Å²) in [4.78, 5) is 22.9. The van der Waals surface area contributed by atoms with Gasteiger partial charge in [-0.25, -0.2) is 14.6 Å². The van der Waals surface area contributed by atoms with E-state index in [9.17, 15) is 4.79 Å². The van der Waals surface area contributed by atoms with Crippen LogP contribution in [0.25, 0.3) is 16.7 Å². The number of anilines is 1. The molecule has 7 nitrogen and oxygen atoms in total. The van der Waals surface area contributed by atoms with Crippen molar-refractivity contribution >= 4 is 34.4 Å². The van der Waals surface area contributed by atoms with Gasteiger partial charge in [-0.1, -0.05) is 17.7 Å². The third kappa shape index (κ3) is 2.99. The van der Waals surface area contributed by atoms with Crippen LogP contribution in [-0.2, 0) is 9.53 Å². The van der Waals surface area contributed by atoms with Gasteiger partial charge in [0.25, 0.3) is 0 Å². The number of halogens is 1. The fraction of sp³-hybridized carbons (Fsp3) is 0.333. The first-order valence-corrected chi connectivity index (χ1v) is 8.82. The van der Waals surface area contributed by atoms with Gasteiger partial charge in [-0.2, -0.15) is 5.10 Å². The van der Waals surface area contributed by atoms with E-state index < -0.39 is 0 Å². The largest absolute Gasteiger partial charge is 0.469 e. The van der Waals surface area contributed by atoms with Gasteiger partial charge in [0.2, 0.25) is 0 Å². The molecular formula is C18H18ClN5O2. The Morgan fingerprint density at radius 1 is 1.35 bits per heavy atom. The summed E-state index contributed by atoms with van der Waals surface area (Å²) < 4.78 is 6.65. The van der Waals surface area contributed by atoms with Crippen molar-refractivity contribution in [2.75, 3.05) is 25.1 Å². The maximum atomic E-state index is 11.9. The average molecular weight is 372 g/mol. The second-order valence-corrected chi connectivity index (χ2v) is 6.72. The number of hydrogen-bond donors (Lipinski definition) is 0. The molecule has 1 saturated heterocycles.